The van der Waals surface area contributed by atoms with Crippen LogP contribution in [-0.2, 0) is 9.84 Å². The third kappa shape index (κ3) is 2.70. The maximum Gasteiger partial charge on any atom is 0.340 e. The van der Waals surface area contributed by atoms with Gasteiger partial charge in [-0.05, 0) is 18.6 Å². The highest BCUT2D eigenvalue weighted by Gasteiger charge is 2.32. The maximum absolute atomic E-state index is 13.6. The Morgan fingerprint density at radius 3 is 2.68 bits per heavy atom. The van der Waals surface area contributed by atoms with Crippen LogP contribution in [0.15, 0.2) is 18.2 Å². The van der Waals surface area contributed by atoms with Gasteiger partial charge in [0, 0.05) is 13.1 Å². The fourth-order valence-electron chi connectivity index (χ4n) is 2.30. The van der Waals surface area contributed by atoms with Crippen LogP contribution in [-0.4, -0.2) is 44.1 Å². The van der Waals surface area contributed by atoms with Gasteiger partial charge in [-0.1, -0.05) is 6.07 Å². The van der Waals surface area contributed by atoms with E-state index in [1.54, 1.807) is 7.05 Å². The Hall–Kier alpha value is -1.63. The molecule has 1 aliphatic heterocycles. The van der Waals surface area contributed by atoms with Gasteiger partial charge >= 0.3 is 5.97 Å². The van der Waals surface area contributed by atoms with Crippen LogP contribution in [0, 0.1) is 5.82 Å². The van der Waals surface area contributed by atoms with Gasteiger partial charge in [-0.2, -0.15) is 0 Å². The average Bonchev–Trinajstić information content (AvgIpc) is 2.68. The van der Waals surface area contributed by atoms with Gasteiger partial charge in [0.05, 0.1) is 17.2 Å². The highest BCUT2D eigenvalue weighted by Crippen LogP contribution is 2.27. The molecule has 1 aromatic rings. The monoisotopic (exact) mass is 287 g/mol. The fraction of sp³-hybridized carbons (Fsp3) is 0.417. The largest absolute Gasteiger partial charge is 0.478 e. The Labute approximate surface area is 110 Å². The predicted octanol–water partition coefficient (Wildman–Crippen LogP) is 1.15. The van der Waals surface area contributed by atoms with Crippen molar-refractivity contribution in [3.63, 3.8) is 0 Å². The number of rotatable bonds is 3. The van der Waals surface area contributed by atoms with Crippen molar-refractivity contribution in [2.45, 2.75) is 12.5 Å². The van der Waals surface area contributed by atoms with Crippen LogP contribution in [0.3, 0.4) is 0 Å². The number of hydrogen-bond donors (Lipinski definition) is 1. The number of sulfone groups is 1. The van der Waals surface area contributed by atoms with Crippen molar-refractivity contribution in [2.24, 2.45) is 0 Å². The van der Waals surface area contributed by atoms with E-state index in [1.807, 2.05) is 0 Å². The average molecular weight is 287 g/mol. The lowest BCUT2D eigenvalue weighted by molar-refractivity contribution is 0.0692. The van der Waals surface area contributed by atoms with Crippen molar-refractivity contribution < 1.29 is 22.7 Å². The molecule has 1 fully saturated rings. The van der Waals surface area contributed by atoms with E-state index in [4.69, 9.17) is 5.11 Å². The molecule has 1 saturated heterocycles. The topological polar surface area (TPSA) is 74.7 Å². The van der Waals surface area contributed by atoms with E-state index in [0.717, 1.165) is 6.07 Å². The van der Waals surface area contributed by atoms with E-state index in [-0.39, 0.29) is 23.2 Å². The summed E-state index contributed by atoms with van der Waals surface area (Å²) >= 11 is 0. The van der Waals surface area contributed by atoms with Crippen molar-refractivity contribution in [3.05, 3.63) is 29.6 Å². The number of carbonyl (C=O) groups is 1. The molecule has 5 nitrogen and oxygen atoms in total. The van der Waals surface area contributed by atoms with E-state index in [9.17, 15) is 17.6 Å². The third-order valence-corrected chi connectivity index (χ3v) is 5.09. The molecule has 0 spiro atoms. The summed E-state index contributed by atoms with van der Waals surface area (Å²) in [5, 5.41) is 9.06. The lowest BCUT2D eigenvalue weighted by Gasteiger charge is -2.27. The molecule has 1 heterocycles. The summed E-state index contributed by atoms with van der Waals surface area (Å²) in [6.45, 7) is 0. The zero-order valence-corrected chi connectivity index (χ0v) is 11.2. The smallest absolute Gasteiger partial charge is 0.340 e. The van der Waals surface area contributed by atoms with Crippen LogP contribution in [0.5, 0.6) is 0 Å². The highest BCUT2D eigenvalue weighted by atomic mass is 32.2. The molecule has 0 radical (unpaired) electrons. The lowest BCUT2D eigenvalue weighted by atomic mass is 10.1. The van der Waals surface area contributed by atoms with Crippen LogP contribution < -0.4 is 4.90 Å². The van der Waals surface area contributed by atoms with E-state index >= 15 is 0 Å². The van der Waals surface area contributed by atoms with Crippen LogP contribution in [0.2, 0.25) is 0 Å². The number of anilines is 1. The Morgan fingerprint density at radius 1 is 1.47 bits per heavy atom. The molecule has 7 heteroatoms. The summed E-state index contributed by atoms with van der Waals surface area (Å²) in [6.07, 6.45) is 0.425. The minimum Gasteiger partial charge on any atom is -0.478 e. The van der Waals surface area contributed by atoms with E-state index in [0.29, 0.717) is 6.42 Å². The molecule has 104 valence electrons. The number of carboxylic acid groups (broad SMARTS) is 1. The highest BCUT2D eigenvalue weighted by molar-refractivity contribution is 7.91. The van der Waals surface area contributed by atoms with Gasteiger partial charge in [0.1, 0.15) is 11.4 Å². The molecule has 1 aromatic carbocycles. The summed E-state index contributed by atoms with van der Waals surface area (Å²) in [5.41, 5.74) is -0.219. The van der Waals surface area contributed by atoms with Gasteiger partial charge < -0.3 is 10.0 Å². The Kier molecular flexibility index (Phi) is 3.49. The quantitative estimate of drug-likeness (QED) is 0.902. The Balaban J connectivity index is 2.37. The molecule has 1 aliphatic rings. The Morgan fingerprint density at radius 2 is 2.16 bits per heavy atom. The molecule has 0 bridgehead atoms. The van der Waals surface area contributed by atoms with Crippen LogP contribution in [0.25, 0.3) is 0 Å². The first kappa shape index (κ1) is 13.8. The second-order valence-corrected chi connectivity index (χ2v) is 6.84. The first-order chi connectivity index (χ1) is 8.82. The van der Waals surface area contributed by atoms with Crippen molar-refractivity contribution in [1.29, 1.82) is 0 Å². The zero-order valence-electron chi connectivity index (χ0n) is 10.3. The van der Waals surface area contributed by atoms with Gasteiger partial charge in [-0.15, -0.1) is 0 Å². The number of aromatic carboxylic acids is 1. The summed E-state index contributed by atoms with van der Waals surface area (Å²) in [4.78, 5) is 12.6. The number of benzene rings is 1. The standard InChI is InChI=1S/C12H14FNO4S/c1-14(8-5-6-19(17,18)7-8)10-4-2-3-9(13)11(10)12(15)16/h2-4,8H,5-7H2,1H3,(H,15,16). The minimum absolute atomic E-state index is 0.0287. The van der Waals surface area contributed by atoms with Gasteiger partial charge in [-0.3, -0.25) is 0 Å². The SMILES string of the molecule is CN(c1cccc(F)c1C(=O)O)C1CCS(=O)(=O)C1. The third-order valence-electron chi connectivity index (χ3n) is 3.34. The van der Waals surface area contributed by atoms with Crippen molar-refractivity contribution in [3.8, 4) is 0 Å². The molecule has 0 aromatic heterocycles. The van der Waals surface area contributed by atoms with Gasteiger partial charge in [0.25, 0.3) is 0 Å². The van der Waals surface area contributed by atoms with Crippen LogP contribution >= 0.6 is 0 Å². The summed E-state index contributed by atoms with van der Waals surface area (Å²) in [5.74, 6) is -2.13. The molecular weight excluding hydrogens is 273 g/mol. The fourth-order valence-corrected chi connectivity index (χ4v) is 4.07. The molecular formula is C12H14FNO4S. The number of hydrogen-bond acceptors (Lipinski definition) is 4. The van der Waals surface area contributed by atoms with Crippen molar-refractivity contribution >= 4 is 21.5 Å². The Bertz CT molecular complexity index is 614. The van der Waals surface area contributed by atoms with Crippen molar-refractivity contribution in [1.82, 2.24) is 0 Å². The molecule has 1 atom stereocenters. The minimum atomic E-state index is -3.07. The second kappa shape index (κ2) is 4.80. The van der Waals surface area contributed by atoms with E-state index in [2.05, 4.69) is 0 Å². The molecule has 0 amide bonds. The van der Waals surface area contributed by atoms with Gasteiger partial charge in [0.2, 0.25) is 0 Å². The van der Waals surface area contributed by atoms with Crippen molar-refractivity contribution in [2.75, 3.05) is 23.5 Å². The first-order valence-electron chi connectivity index (χ1n) is 5.77. The molecule has 1 N–H and O–H groups in total. The summed E-state index contributed by atoms with van der Waals surface area (Å²) in [7, 11) is -1.48. The number of halogens is 1. The second-order valence-electron chi connectivity index (χ2n) is 4.61. The summed E-state index contributed by atoms with van der Waals surface area (Å²) in [6, 6.07) is 3.66. The number of carboxylic acids is 1. The predicted molar refractivity (Wildman–Crippen MR) is 68.8 cm³/mol. The van der Waals surface area contributed by atoms with Gasteiger partial charge in [-0.25, -0.2) is 17.6 Å². The molecule has 2 rings (SSSR count). The zero-order chi connectivity index (χ0) is 14.2. The van der Waals surface area contributed by atoms with E-state index in [1.165, 1.54) is 17.0 Å². The summed E-state index contributed by atoms with van der Waals surface area (Å²) < 4.78 is 36.5. The molecule has 0 saturated carbocycles. The molecule has 0 aliphatic carbocycles. The lowest BCUT2D eigenvalue weighted by Crippen LogP contribution is -2.33. The maximum atomic E-state index is 13.6. The van der Waals surface area contributed by atoms with Crippen LogP contribution in [0.4, 0.5) is 10.1 Å². The molecule has 1 unspecified atom stereocenters. The van der Waals surface area contributed by atoms with E-state index < -0.39 is 27.2 Å². The van der Waals surface area contributed by atoms with Gasteiger partial charge in [0.15, 0.2) is 9.84 Å². The molecule has 19 heavy (non-hydrogen) atoms. The number of nitrogens with zero attached hydrogens (tertiary/aromatic N) is 1. The van der Waals surface area contributed by atoms with Crippen LogP contribution in [0.1, 0.15) is 16.8 Å². The first-order valence-corrected chi connectivity index (χ1v) is 7.59. The normalized spacial score (nSPS) is 21.3.